The number of rotatable bonds is 0. The Morgan fingerprint density at radius 1 is 1.38 bits per heavy atom. The van der Waals surface area contributed by atoms with Crippen LogP contribution in [0.2, 0.25) is 0 Å². The van der Waals surface area contributed by atoms with E-state index in [-0.39, 0.29) is 11.9 Å². The van der Waals surface area contributed by atoms with Crippen LogP contribution in [0, 0.1) is 5.92 Å². The van der Waals surface area contributed by atoms with Crippen molar-refractivity contribution in [3.8, 4) is 0 Å². The summed E-state index contributed by atoms with van der Waals surface area (Å²) in [5.41, 5.74) is -0.420. The highest BCUT2D eigenvalue weighted by atomic mass is 16.2. The first-order valence-electron chi connectivity index (χ1n) is 4.88. The Morgan fingerprint density at radius 2 is 2.23 bits per heavy atom. The molecule has 0 aromatic carbocycles. The molecule has 1 saturated carbocycles. The van der Waals surface area contributed by atoms with E-state index in [2.05, 4.69) is 5.32 Å². The van der Waals surface area contributed by atoms with Crippen molar-refractivity contribution in [2.24, 2.45) is 5.92 Å². The lowest BCUT2D eigenvalue weighted by Gasteiger charge is -2.27. The molecule has 2 heterocycles. The second-order valence-corrected chi connectivity index (χ2v) is 4.21. The molecule has 0 bridgehead atoms. The lowest BCUT2D eigenvalue weighted by molar-refractivity contribution is -0.126. The van der Waals surface area contributed by atoms with Gasteiger partial charge in [0.15, 0.2) is 0 Å². The first kappa shape index (κ1) is 7.35. The number of hydrogen-bond acceptors (Lipinski definition) is 2. The minimum atomic E-state index is -0.420. The molecule has 3 amide bonds. The third-order valence-corrected chi connectivity index (χ3v) is 3.83. The molecule has 4 heteroatoms. The normalized spacial score (nSPS) is 42.2. The van der Waals surface area contributed by atoms with Crippen LogP contribution < -0.4 is 5.32 Å². The average molecular weight is 180 g/mol. The Kier molecular flexibility index (Phi) is 1.16. The highest BCUT2D eigenvalue weighted by molar-refractivity contribution is 6.07. The second-order valence-electron chi connectivity index (χ2n) is 4.21. The lowest BCUT2D eigenvalue weighted by atomic mass is 9.88. The van der Waals surface area contributed by atoms with Gasteiger partial charge in [-0.25, -0.2) is 4.79 Å². The van der Waals surface area contributed by atoms with Crippen molar-refractivity contribution in [3.63, 3.8) is 0 Å². The van der Waals surface area contributed by atoms with Crippen molar-refractivity contribution < 1.29 is 9.59 Å². The standard InChI is InChI=1S/C9H12N2O2/c12-7-9-4-1-2-6(9)3-5-11(9)8(13)10-7/h6H,1-5H2,(H,10,12,13). The molecule has 1 N–H and O–H groups in total. The fraction of sp³-hybridized carbons (Fsp3) is 0.778. The molecule has 4 nitrogen and oxygen atoms in total. The molecule has 70 valence electrons. The third kappa shape index (κ3) is 0.641. The number of urea groups is 1. The highest BCUT2D eigenvalue weighted by Gasteiger charge is 2.62. The van der Waals surface area contributed by atoms with E-state index in [0.717, 1.165) is 32.2 Å². The lowest BCUT2D eigenvalue weighted by Crippen LogP contribution is -2.46. The van der Waals surface area contributed by atoms with E-state index < -0.39 is 5.54 Å². The van der Waals surface area contributed by atoms with Gasteiger partial charge in [-0.15, -0.1) is 0 Å². The Balaban J connectivity index is 2.10. The maximum atomic E-state index is 11.7. The second kappa shape index (κ2) is 2.05. The molecule has 1 aliphatic carbocycles. The quantitative estimate of drug-likeness (QED) is 0.551. The topological polar surface area (TPSA) is 49.4 Å². The van der Waals surface area contributed by atoms with Gasteiger partial charge in [-0.3, -0.25) is 10.1 Å². The number of amides is 3. The maximum Gasteiger partial charge on any atom is 0.325 e. The van der Waals surface area contributed by atoms with E-state index in [1.165, 1.54) is 0 Å². The van der Waals surface area contributed by atoms with E-state index in [9.17, 15) is 9.59 Å². The van der Waals surface area contributed by atoms with Crippen molar-refractivity contribution in [1.29, 1.82) is 0 Å². The monoisotopic (exact) mass is 180 g/mol. The number of hydrogen-bond donors (Lipinski definition) is 1. The van der Waals surface area contributed by atoms with Gasteiger partial charge in [-0.2, -0.15) is 0 Å². The van der Waals surface area contributed by atoms with Crippen molar-refractivity contribution in [2.75, 3.05) is 6.54 Å². The van der Waals surface area contributed by atoms with Gasteiger partial charge in [-0.1, -0.05) is 6.42 Å². The fourth-order valence-electron chi connectivity index (χ4n) is 3.26. The summed E-state index contributed by atoms with van der Waals surface area (Å²) < 4.78 is 0. The predicted octanol–water partition coefficient (Wildman–Crippen LogP) is 0.481. The van der Waals surface area contributed by atoms with Crippen LogP contribution in [0.3, 0.4) is 0 Å². The molecule has 2 atom stereocenters. The zero-order chi connectivity index (χ0) is 9.05. The van der Waals surface area contributed by atoms with Gasteiger partial charge in [0.25, 0.3) is 5.91 Å². The van der Waals surface area contributed by atoms with E-state index in [1.54, 1.807) is 4.90 Å². The molecule has 3 aliphatic rings. The van der Waals surface area contributed by atoms with Gasteiger partial charge in [0, 0.05) is 6.54 Å². The molecule has 2 unspecified atom stereocenters. The minimum absolute atomic E-state index is 0.0440. The summed E-state index contributed by atoms with van der Waals surface area (Å²) >= 11 is 0. The molecule has 0 radical (unpaired) electrons. The summed E-state index contributed by atoms with van der Waals surface area (Å²) in [6, 6.07) is -0.172. The Morgan fingerprint density at radius 3 is 3.08 bits per heavy atom. The Bertz CT molecular complexity index is 302. The summed E-state index contributed by atoms with van der Waals surface area (Å²) in [4.78, 5) is 24.9. The molecule has 2 aliphatic heterocycles. The van der Waals surface area contributed by atoms with Crippen LogP contribution in [-0.2, 0) is 4.79 Å². The van der Waals surface area contributed by atoms with Crippen molar-refractivity contribution in [3.05, 3.63) is 0 Å². The van der Waals surface area contributed by atoms with E-state index in [0.29, 0.717) is 5.92 Å². The number of imide groups is 1. The Hall–Kier alpha value is -1.06. The van der Waals surface area contributed by atoms with Crippen LogP contribution >= 0.6 is 0 Å². The largest absolute Gasteiger partial charge is 0.325 e. The zero-order valence-electron chi connectivity index (χ0n) is 7.38. The first-order valence-corrected chi connectivity index (χ1v) is 4.88. The van der Waals surface area contributed by atoms with Crippen LogP contribution in [0.15, 0.2) is 0 Å². The highest BCUT2D eigenvalue weighted by Crippen LogP contribution is 2.49. The van der Waals surface area contributed by atoms with Gasteiger partial charge < -0.3 is 4.90 Å². The minimum Gasteiger partial charge on any atom is -0.309 e. The van der Waals surface area contributed by atoms with Crippen molar-refractivity contribution in [1.82, 2.24) is 10.2 Å². The molecule has 3 rings (SSSR count). The molecular weight excluding hydrogens is 168 g/mol. The third-order valence-electron chi connectivity index (χ3n) is 3.83. The summed E-state index contributed by atoms with van der Waals surface area (Å²) in [7, 11) is 0. The van der Waals surface area contributed by atoms with E-state index in [4.69, 9.17) is 0 Å². The zero-order valence-corrected chi connectivity index (χ0v) is 7.38. The van der Waals surface area contributed by atoms with Gasteiger partial charge in [0.2, 0.25) is 0 Å². The van der Waals surface area contributed by atoms with Crippen LogP contribution in [0.5, 0.6) is 0 Å². The number of carbonyl (C=O) groups is 2. The molecule has 2 saturated heterocycles. The van der Waals surface area contributed by atoms with Gasteiger partial charge in [-0.05, 0) is 25.2 Å². The number of carbonyl (C=O) groups excluding carboxylic acids is 2. The summed E-state index contributed by atoms with van der Waals surface area (Å²) in [5, 5.41) is 2.43. The molecule has 3 fully saturated rings. The maximum absolute atomic E-state index is 11.7. The van der Waals surface area contributed by atoms with Crippen molar-refractivity contribution >= 4 is 11.9 Å². The summed E-state index contributed by atoms with van der Waals surface area (Å²) in [6.07, 6.45) is 4.08. The number of nitrogens with one attached hydrogen (secondary N) is 1. The van der Waals surface area contributed by atoms with Crippen molar-refractivity contribution in [2.45, 2.75) is 31.2 Å². The smallest absolute Gasteiger partial charge is 0.309 e. The van der Waals surface area contributed by atoms with Crippen LogP contribution in [0.4, 0.5) is 4.79 Å². The SMILES string of the molecule is O=C1NC(=O)C23CCCC2CCN13. The van der Waals surface area contributed by atoms with Gasteiger partial charge in [0.05, 0.1) is 0 Å². The Labute approximate surface area is 76.3 Å². The van der Waals surface area contributed by atoms with Crippen LogP contribution in [0.1, 0.15) is 25.7 Å². The fourth-order valence-corrected chi connectivity index (χ4v) is 3.26. The summed E-state index contributed by atoms with van der Waals surface area (Å²) in [5.74, 6) is 0.386. The molecule has 0 aromatic rings. The van der Waals surface area contributed by atoms with Gasteiger partial charge in [0.1, 0.15) is 5.54 Å². The van der Waals surface area contributed by atoms with Gasteiger partial charge >= 0.3 is 6.03 Å². The van der Waals surface area contributed by atoms with E-state index in [1.807, 2.05) is 0 Å². The molecule has 0 aromatic heterocycles. The molecule has 13 heavy (non-hydrogen) atoms. The van der Waals surface area contributed by atoms with Crippen LogP contribution in [0.25, 0.3) is 0 Å². The average Bonchev–Trinajstić information content (AvgIpc) is 2.63. The first-order chi connectivity index (χ1) is 6.25. The molecule has 1 spiro atoms. The molecular formula is C9H12N2O2. The van der Waals surface area contributed by atoms with Crippen LogP contribution in [-0.4, -0.2) is 28.9 Å². The number of nitrogens with zero attached hydrogens (tertiary/aromatic N) is 1. The van der Waals surface area contributed by atoms with E-state index >= 15 is 0 Å². The predicted molar refractivity (Wildman–Crippen MR) is 44.9 cm³/mol. The summed E-state index contributed by atoms with van der Waals surface area (Å²) in [6.45, 7) is 0.766.